The molecule has 2 rings (SSSR count). The van der Waals surface area contributed by atoms with E-state index >= 15 is 0 Å². The zero-order valence-electron chi connectivity index (χ0n) is 9.60. The zero-order chi connectivity index (χ0) is 11.8. The molecule has 1 spiro atoms. The summed E-state index contributed by atoms with van der Waals surface area (Å²) in [5.74, 6) is 0.418. The molecule has 2 amide bonds. The average molecular weight is 227 g/mol. The summed E-state index contributed by atoms with van der Waals surface area (Å²) in [4.78, 5) is 17.2. The molecule has 1 heterocycles. The average Bonchev–Trinajstić information content (AvgIpc) is 2.44. The summed E-state index contributed by atoms with van der Waals surface area (Å²) in [7, 11) is 3.28. The molecule has 16 heavy (non-hydrogen) atoms. The highest BCUT2D eigenvalue weighted by atomic mass is 16.5. The SMILES string of the molecule is COCCN1C(=O)N=C(N)C12CC(OC)C2. The molecule has 0 saturated heterocycles. The second kappa shape index (κ2) is 4.03. The Morgan fingerprint density at radius 2 is 2.25 bits per heavy atom. The highest BCUT2D eigenvalue weighted by Gasteiger charge is 2.56. The van der Waals surface area contributed by atoms with E-state index in [9.17, 15) is 4.79 Å². The summed E-state index contributed by atoms with van der Waals surface area (Å²) < 4.78 is 10.2. The van der Waals surface area contributed by atoms with E-state index in [2.05, 4.69) is 4.99 Å². The molecule has 1 saturated carbocycles. The van der Waals surface area contributed by atoms with E-state index in [-0.39, 0.29) is 12.1 Å². The van der Waals surface area contributed by atoms with Crippen molar-refractivity contribution in [1.82, 2.24) is 4.90 Å². The Labute approximate surface area is 94.4 Å². The van der Waals surface area contributed by atoms with E-state index in [0.717, 1.165) is 12.8 Å². The van der Waals surface area contributed by atoms with E-state index in [1.165, 1.54) is 0 Å². The lowest BCUT2D eigenvalue weighted by atomic mass is 9.72. The van der Waals surface area contributed by atoms with Gasteiger partial charge in [-0.3, -0.25) is 0 Å². The maximum absolute atomic E-state index is 11.7. The summed E-state index contributed by atoms with van der Waals surface area (Å²) in [6, 6.07) is -0.260. The number of rotatable bonds is 4. The summed E-state index contributed by atoms with van der Waals surface area (Å²) in [6.07, 6.45) is 1.63. The number of nitrogens with two attached hydrogens (primary N) is 1. The van der Waals surface area contributed by atoms with Gasteiger partial charge in [-0.25, -0.2) is 4.79 Å². The molecule has 2 aliphatic rings. The molecule has 0 radical (unpaired) electrons. The van der Waals surface area contributed by atoms with Gasteiger partial charge in [0.2, 0.25) is 0 Å². The summed E-state index contributed by atoms with van der Waals surface area (Å²) in [5, 5.41) is 0. The second-order valence-electron chi connectivity index (χ2n) is 4.22. The third-order valence-corrected chi connectivity index (χ3v) is 3.42. The van der Waals surface area contributed by atoms with Crippen molar-refractivity contribution in [2.24, 2.45) is 10.7 Å². The van der Waals surface area contributed by atoms with Crippen molar-refractivity contribution in [3.05, 3.63) is 0 Å². The van der Waals surface area contributed by atoms with E-state index in [1.54, 1.807) is 19.1 Å². The molecule has 90 valence electrons. The lowest BCUT2D eigenvalue weighted by Gasteiger charge is -2.49. The van der Waals surface area contributed by atoms with Gasteiger partial charge in [-0.05, 0) is 0 Å². The number of ether oxygens (including phenoxy) is 2. The summed E-state index contributed by atoms with van der Waals surface area (Å²) in [6.45, 7) is 1.02. The van der Waals surface area contributed by atoms with Gasteiger partial charge >= 0.3 is 6.03 Å². The number of carbonyl (C=O) groups excluding carboxylic acids is 1. The van der Waals surface area contributed by atoms with Gasteiger partial charge in [0, 0.05) is 33.6 Å². The molecule has 0 aromatic carbocycles. The van der Waals surface area contributed by atoms with Crippen molar-refractivity contribution in [2.75, 3.05) is 27.4 Å². The van der Waals surface area contributed by atoms with E-state index in [1.807, 2.05) is 0 Å². The number of hydrogen-bond acceptors (Lipinski definition) is 4. The second-order valence-corrected chi connectivity index (χ2v) is 4.22. The number of hydrogen-bond donors (Lipinski definition) is 1. The maximum Gasteiger partial charge on any atom is 0.346 e. The third-order valence-electron chi connectivity index (χ3n) is 3.42. The van der Waals surface area contributed by atoms with Crippen molar-refractivity contribution in [1.29, 1.82) is 0 Å². The van der Waals surface area contributed by atoms with Crippen LogP contribution in [-0.4, -0.2) is 55.8 Å². The van der Waals surface area contributed by atoms with Crippen LogP contribution in [0.15, 0.2) is 4.99 Å². The first-order valence-corrected chi connectivity index (χ1v) is 5.32. The van der Waals surface area contributed by atoms with Crippen LogP contribution in [0.3, 0.4) is 0 Å². The summed E-state index contributed by atoms with van der Waals surface area (Å²) >= 11 is 0. The first-order valence-electron chi connectivity index (χ1n) is 5.32. The van der Waals surface area contributed by atoms with E-state index in [4.69, 9.17) is 15.2 Å². The van der Waals surface area contributed by atoms with Gasteiger partial charge in [0.1, 0.15) is 11.4 Å². The lowest BCUT2D eigenvalue weighted by molar-refractivity contribution is -0.0403. The maximum atomic E-state index is 11.7. The van der Waals surface area contributed by atoms with Gasteiger partial charge in [-0.15, -0.1) is 0 Å². The van der Waals surface area contributed by atoms with Crippen LogP contribution in [0.25, 0.3) is 0 Å². The molecule has 6 heteroatoms. The highest BCUT2D eigenvalue weighted by Crippen LogP contribution is 2.42. The van der Waals surface area contributed by atoms with Crippen molar-refractivity contribution >= 4 is 11.9 Å². The lowest BCUT2D eigenvalue weighted by Crippen LogP contribution is -2.64. The standard InChI is InChI=1S/C10H17N3O3/c1-15-4-3-13-9(14)12-8(11)10(13)5-7(6-10)16-2/h7H,3-6H2,1-2H3,(H2,11,12,14). The van der Waals surface area contributed by atoms with Crippen LogP contribution >= 0.6 is 0 Å². The predicted molar refractivity (Wildman–Crippen MR) is 58.4 cm³/mol. The number of methoxy groups -OCH3 is 2. The fourth-order valence-corrected chi connectivity index (χ4v) is 2.37. The van der Waals surface area contributed by atoms with Gasteiger partial charge in [-0.1, -0.05) is 0 Å². The quantitative estimate of drug-likeness (QED) is 0.731. The molecule has 6 nitrogen and oxygen atoms in total. The zero-order valence-corrected chi connectivity index (χ0v) is 9.60. The largest absolute Gasteiger partial charge is 0.385 e. The Morgan fingerprint density at radius 3 is 2.81 bits per heavy atom. The first-order chi connectivity index (χ1) is 7.64. The first kappa shape index (κ1) is 11.3. The molecule has 0 bridgehead atoms. The number of nitrogens with zero attached hydrogens (tertiary/aromatic N) is 2. The van der Waals surface area contributed by atoms with Crippen molar-refractivity contribution in [3.8, 4) is 0 Å². The fraction of sp³-hybridized carbons (Fsp3) is 0.800. The van der Waals surface area contributed by atoms with Crippen molar-refractivity contribution in [2.45, 2.75) is 24.5 Å². The van der Waals surface area contributed by atoms with Crippen LogP contribution in [0.1, 0.15) is 12.8 Å². The van der Waals surface area contributed by atoms with Crippen LogP contribution in [0.4, 0.5) is 4.79 Å². The van der Waals surface area contributed by atoms with Crippen molar-refractivity contribution in [3.63, 3.8) is 0 Å². The number of amides is 2. The smallest absolute Gasteiger partial charge is 0.346 e. The van der Waals surface area contributed by atoms with E-state index in [0.29, 0.717) is 19.0 Å². The molecular weight excluding hydrogens is 210 g/mol. The monoisotopic (exact) mass is 227 g/mol. The molecule has 0 aromatic heterocycles. The molecule has 1 fully saturated rings. The Kier molecular flexibility index (Phi) is 2.86. The fourth-order valence-electron chi connectivity index (χ4n) is 2.37. The van der Waals surface area contributed by atoms with Crippen LogP contribution < -0.4 is 5.73 Å². The molecule has 1 aliphatic carbocycles. The van der Waals surface area contributed by atoms with Gasteiger partial charge in [0.05, 0.1) is 12.7 Å². The molecule has 0 unspecified atom stereocenters. The van der Waals surface area contributed by atoms with Crippen LogP contribution in [-0.2, 0) is 9.47 Å². The van der Waals surface area contributed by atoms with Gasteiger partial charge in [0.15, 0.2) is 0 Å². The van der Waals surface area contributed by atoms with Crippen LogP contribution in [0, 0.1) is 0 Å². The minimum Gasteiger partial charge on any atom is -0.385 e. The Hall–Kier alpha value is -1.14. The predicted octanol–water partition coefficient (Wildman–Crippen LogP) is -0.0268. The minimum absolute atomic E-state index is 0.171. The number of aliphatic imine (C=N–C) groups is 1. The Balaban J connectivity index is 2.09. The van der Waals surface area contributed by atoms with Gasteiger partial charge in [0.25, 0.3) is 0 Å². The van der Waals surface area contributed by atoms with Crippen LogP contribution in [0.5, 0.6) is 0 Å². The summed E-state index contributed by atoms with van der Waals surface area (Å²) in [5.41, 5.74) is 5.43. The van der Waals surface area contributed by atoms with Crippen molar-refractivity contribution < 1.29 is 14.3 Å². The number of amidine groups is 1. The topological polar surface area (TPSA) is 77.2 Å². The van der Waals surface area contributed by atoms with Crippen LogP contribution in [0.2, 0.25) is 0 Å². The Morgan fingerprint density at radius 1 is 1.56 bits per heavy atom. The normalized spacial score (nSPS) is 33.1. The third kappa shape index (κ3) is 1.49. The highest BCUT2D eigenvalue weighted by molar-refractivity contribution is 6.06. The molecular formula is C10H17N3O3. The molecule has 2 N–H and O–H groups in total. The Bertz CT molecular complexity index is 323. The number of urea groups is 1. The molecule has 0 atom stereocenters. The molecule has 0 aromatic rings. The molecule has 1 aliphatic heterocycles. The van der Waals surface area contributed by atoms with Gasteiger partial charge in [-0.2, -0.15) is 4.99 Å². The van der Waals surface area contributed by atoms with E-state index < -0.39 is 5.54 Å². The number of carbonyl (C=O) groups is 1. The van der Waals surface area contributed by atoms with Gasteiger partial charge < -0.3 is 20.1 Å². The minimum atomic E-state index is -0.406.